The van der Waals surface area contributed by atoms with Gasteiger partial charge in [-0.15, -0.1) is 0 Å². The van der Waals surface area contributed by atoms with Gasteiger partial charge in [-0.3, -0.25) is 9.69 Å². The number of ether oxygens (including phenoxy) is 1. The lowest BCUT2D eigenvalue weighted by Crippen LogP contribution is -2.35. The number of benzene rings is 2. The summed E-state index contributed by atoms with van der Waals surface area (Å²) in [6.45, 7) is 10.6. The van der Waals surface area contributed by atoms with Crippen molar-refractivity contribution in [2.45, 2.75) is 27.3 Å². The normalized spacial score (nSPS) is 14.7. The zero-order valence-electron chi connectivity index (χ0n) is 19.0. The van der Waals surface area contributed by atoms with Gasteiger partial charge in [-0.1, -0.05) is 24.3 Å². The highest BCUT2D eigenvalue weighted by molar-refractivity contribution is 5.95. The van der Waals surface area contributed by atoms with E-state index in [9.17, 15) is 4.79 Å². The summed E-state index contributed by atoms with van der Waals surface area (Å²) in [6, 6.07) is 18.2. The molecule has 32 heavy (non-hydrogen) atoms. The first kappa shape index (κ1) is 22.0. The Morgan fingerprint density at radius 3 is 2.53 bits per heavy atom. The van der Waals surface area contributed by atoms with Gasteiger partial charge in [-0.25, -0.2) is 5.43 Å². The molecule has 4 rings (SSSR count). The fraction of sp³-hybridized carbons (Fsp3) is 0.308. The van der Waals surface area contributed by atoms with Crippen molar-refractivity contribution in [2.75, 3.05) is 26.3 Å². The van der Waals surface area contributed by atoms with Crippen LogP contribution in [0, 0.1) is 20.8 Å². The van der Waals surface area contributed by atoms with E-state index in [1.807, 2.05) is 24.3 Å². The van der Waals surface area contributed by atoms with Crippen molar-refractivity contribution in [3.05, 3.63) is 88.2 Å². The van der Waals surface area contributed by atoms with Crippen LogP contribution in [0.3, 0.4) is 0 Å². The summed E-state index contributed by atoms with van der Waals surface area (Å²) in [4.78, 5) is 14.9. The number of hydrogen-bond acceptors (Lipinski definition) is 4. The van der Waals surface area contributed by atoms with Gasteiger partial charge < -0.3 is 9.30 Å². The summed E-state index contributed by atoms with van der Waals surface area (Å²) in [5.41, 5.74) is 9.96. The van der Waals surface area contributed by atoms with E-state index < -0.39 is 0 Å². The van der Waals surface area contributed by atoms with Crippen molar-refractivity contribution >= 4 is 12.1 Å². The van der Waals surface area contributed by atoms with Gasteiger partial charge in [0, 0.05) is 47.8 Å². The Balaban J connectivity index is 1.38. The van der Waals surface area contributed by atoms with Crippen LogP contribution in [0.5, 0.6) is 0 Å². The summed E-state index contributed by atoms with van der Waals surface area (Å²) in [5.74, 6) is -0.216. The number of aryl methyl sites for hydroxylation is 2. The third-order valence-electron chi connectivity index (χ3n) is 5.83. The van der Waals surface area contributed by atoms with Gasteiger partial charge in [0.1, 0.15) is 0 Å². The Bertz CT molecular complexity index is 1110. The predicted molar refractivity (Wildman–Crippen MR) is 128 cm³/mol. The highest BCUT2D eigenvalue weighted by Gasteiger charge is 2.12. The molecule has 166 valence electrons. The van der Waals surface area contributed by atoms with Crippen LogP contribution in [0.1, 0.15) is 38.4 Å². The maximum absolute atomic E-state index is 12.5. The molecule has 0 unspecified atom stereocenters. The molecule has 0 radical (unpaired) electrons. The molecule has 1 saturated heterocycles. The van der Waals surface area contributed by atoms with Crippen LogP contribution in [0.2, 0.25) is 0 Å². The molecule has 0 bridgehead atoms. The van der Waals surface area contributed by atoms with E-state index in [4.69, 9.17) is 4.74 Å². The molecule has 1 amide bonds. The number of amides is 1. The minimum absolute atomic E-state index is 0.216. The van der Waals surface area contributed by atoms with Gasteiger partial charge in [0.2, 0.25) is 0 Å². The summed E-state index contributed by atoms with van der Waals surface area (Å²) in [6.07, 6.45) is 1.71. The summed E-state index contributed by atoms with van der Waals surface area (Å²) < 4.78 is 7.59. The minimum atomic E-state index is -0.216. The molecule has 0 spiro atoms. The average Bonchev–Trinajstić information content (AvgIpc) is 3.08. The van der Waals surface area contributed by atoms with Gasteiger partial charge in [0.05, 0.1) is 19.4 Å². The maximum Gasteiger partial charge on any atom is 0.271 e. The SMILES string of the molecule is Cc1cccc(-n2c(C)cc(/C=N\NC(=O)c3ccc(CN4CCOCC4)cc3)c2C)c1. The fourth-order valence-electron chi connectivity index (χ4n) is 4.09. The molecule has 1 aromatic heterocycles. The molecule has 1 fully saturated rings. The number of carbonyl (C=O) groups is 1. The number of rotatable bonds is 6. The summed E-state index contributed by atoms with van der Waals surface area (Å²) in [7, 11) is 0. The molecule has 1 aliphatic rings. The third kappa shape index (κ3) is 5.15. The smallest absolute Gasteiger partial charge is 0.271 e. The third-order valence-corrected chi connectivity index (χ3v) is 5.83. The van der Waals surface area contributed by atoms with Gasteiger partial charge in [0.25, 0.3) is 5.91 Å². The monoisotopic (exact) mass is 430 g/mol. The van der Waals surface area contributed by atoms with E-state index in [0.717, 1.165) is 55.5 Å². The van der Waals surface area contributed by atoms with E-state index in [-0.39, 0.29) is 5.91 Å². The zero-order chi connectivity index (χ0) is 22.5. The maximum atomic E-state index is 12.5. The first-order valence-corrected chi connectivity index (χ1v) is 11.0. The van der Waals surface area contributed by atoms with E-state index >= 15 is 0 Å². The van der Waals surface area contributed by atoms with Crippen molar-refractivity contribution < 1.29 is 9.53 Å². The average molecular weight is 431 g/mol. The van der Waals surface area contributed by atoms with Gasteiger partial charge in [-0.05, 0) is 62.2 Å². The molecular weight excluding hydrogens is 400 g/mol. The van der Waals surface area contributed by atoms with E-state index in [2.05, 4.69) is 71.1 Å². The van der Waals surface area contributed by atoms with E-state index in [0.29, 0.717) is 5.56 Å². The lowest BCUT2D eigenvalue weighted by molar-refractivity contribution is 0.0342. The molecule has 1 N–H and O–H groups in total. The van der Waals surface area contributed by atoms with Crippen molar-refractivity contribution in [3.8, 4) is 5.69 Å². The summed E-state index contributed by atoms with van der Waals surface area (Å²) >= 11 is 0. The number of nitrogens with one attached hydrogen (secondary N) is 1. The molecule has 3 aromatic rings. The largest absolute Gasteiger partial charge is 0.379 e. The second-order valence-electron chi connectivity index (χ2n) is 8.29. The standard InChI is InChI=1S/C26H30N4O2/c1-19-5-4-6-25(15-19)30-20(2)16-24(21(30)3)17-27-28-26(31)23-9-7-22(8-10-23)18-29-11-13-32-14-12-29/h4-10,15-17H,11-14,18H2,1-3H3,(H,28,31)/b27-17-. The van der Waals surface area contributed by atoms with E-state index in [1.54, 1.807) is 6.21 Å². The van der Waals surface area contributed by atoms with Gasteiger partial charge >= 0.3 is 0 Å². The topological polar surface area (TPSA) is 58.9 Å². The van der Waals surface area contributed by atoms with Crippen LogP contribution < -0.4 is 5.43 Å². The molecule has 0 atom stereocenters. The Morgan fingerprint density at radius 2 is 1.81 bits per heavy atom. The van der Waals surface area contributed by atoms with E-state index in [1.165, 1.54) is 11.1 Å². The Kier molecular flexibility index (Phi) is 6.83. The van der Waals surface area contributed by atoms with Crippen LogP contribution in [-0.4, -0.2) is 47.9 Å². The summed E-state index contributed by atoms with van der Waals surface area (Å²) in [5, 5.41) is 4.20. The molecule has 0 aliphatic carbocycles. The minimum Gasteiger partial charge on any atom is -0.379 e. The molecule has 6 nitrogen and oxygen atoms in total. The quantitative estimate of drug-likeness (QED) is 0.475. The molecule has 1 aliphatic heterocycles. The number of nitrogens with zero attached hydrogens (tertiary/aromatic N) is 3. The lowest BCUT2D eigenvalue weighted by atomic mass is 10.1. The number of carbonyl (C=O) groups excluding carboxylic acids is 1. The number of hydrogen-bond donors (Lipinski definition) is 1. The fourth-order valence-corrected chi connectivity index (χ4v) is 4.09. The van der Waals surface area contributed by atoms with Crippen LogP contribution in [0.25, 0.3) is 5.69 Å². The zero-order valence-corrected chi connectivity index (χ0v) is 19.0. The van der Waals surface area contributed by atoms with Gasteiger partial charge in [-0.2, -0.15) is 5.10 Å². The number of morpholine rings is 1. The van der Waals surface area contributed by atoms with Crippen molar-refractivity contribution in [2.24, 2.45) is 5.10 Å². The Labute approximate surface area is 189 Å². The van der Waals surface area contributed by atoms with Crippen molar-refractivity contribution in [1.82, 2.24) is 14.9 Å². The van der Waals surface area contributed by atoms with Crippen LogP contribution >= 0.6 is 0 Å². The molecule has 2 aromatic carbocycles. The first-order chi connectivity index (χ1) is 15.5. The first-order valence-electron chi connectivity index (χ1n) is 11.0. The van der Waals surface area contributed by atoms with Crippen LogP contribution in [-0.2, 0) is 11.3 Å². The molecule has 2 heterocycles. The highest BCUT2D eigenvalue weighted by atomic mass is 16.5. The number of hydrazone groups is 1. The Morgan fingerprint density at radius 1 is 1.06 bits per heavy atom. The van der Waals surface area contributed by atoms with Gasteiger partial charge in [0.15, 0.2) is 0 Å². The molecular formula is C26H30N4O2. The second kappa shape index (κ2) is 9.94. The van der Waals surface area contributed by atoms with Crippen molar-refractivity contribution in [3.63, 3.8) is 0 Å². The predicted octanol–water partition coefficient (Wildman–Crippen LogP) is 4.00. The van der Waals surface area contributed by atoms with Crippen LogP contribution in [0.15, 0.2) is 59.7 Å². The second-order valence-corrected chi connectivity index (χ2v) is 8.29. The number of aromatic nitrogens is 1. The highest BCUT2D eigenvalue weighted by Crippen LogP contribution is 2.20. The van der Waals surface area contributed by atoms with Crippen molar-refractivity contribution in [1.29, 1.82) is 0 Å². The molecule has 6 heteroatoms. The Hall–Kier alpha value is -3.22. The van der Waals surface area contributed by atoms with Crippen LogP contribution in [0.4, 0.5) is 0 Å². The lowest BCUT2D eigenvalue weighted by Gasteiger charge is -2.26. The molecule has 0 saturated carbocycles.